The number of imidazole rings is 2. The third-order valence-corrected chi connectivity index (χ3v) is 4.20. The molecular weight excluding hydrogens is 266 g/mol. The van der Waals surface area contributed by atoms with Crippen molar-refractivity contribution in [1.29, 1.82) is 0 Å². The van der Waals surface area contributed by atoms with E-state index < -0.39 is 0 Å². The molecule has 0 spiro atoms. The smallest absolute Gasteiger partial charge is 0.122 e. The summed E-state index contributed by atoms with van der Waals surface area (Å²) < 4.78 is 9.93. The molecule has 3 heterocycles. The summed E-state index contributed by atoms with van der Waals surface area (Å²) in [5.41, 5.74) is 2.49. The molecule has 0 aromatic carbocycles. The van der Waals surface area contributed by atoms with Crippen molar-refractivity contribution in [2.75, 3.05) is 19.8 Å². The third-order valence-electron chi connectivity index (χ3n) is 4.20. The first kappa shape index (κ1) is 14.3. The fourth-order valence-corrected chi connectivity index (χ4v) is 3.02. The Balaban J connectivity index is 1.85. The Labute approximate surface area is 125 Å². The number of hydrogen-bond donors (Lipinski definition) is 0. The first-order valence-electron chi connectivity index (χ1n) is 7.48. The molecule has 6 heteroatoms. The van der Waals surface area contributed by atoms with Gasteiger partial charge in [0, 0.05) is 46.1 Å². The summed E-state index contributed by atoms with van der Waals surface area (Å²) in [7, 11) is 4.11. The van der Waals surface area contributed by atoms with Gasteiger partial charge in [0.25, 0.3) is 0 Å². The summed E-state index contributed by atoms with van der Waals surface area (Å²) in [6, 6.07) is 0.248. The van der Waals surface area contributed by atoms with Crippen molar-refractivity contribution >= 4 is 0 Å². The highest BCUT2D eigenvalue weighted by Crippen LogP contribution is 2.30. The molecule has 0 saturated carbocycles. The van der Waals surface area contributed by atoms with Crippen LogP contribution in [0.4, 0.5) is 0 Å². The number of hydrogen-bond acceptors (Lipinski definition) is 4. The van der Waals surface area contributed by atoms with Crippen LogP contribution in [0.2, 0.25) is 0 Å². The molecule has 0 unspecified atom stereocenters. The Morgan fingerprint density at radius 2 is 2.14 bits per heavy atom. The number of aryl methyl sites for hydroxylation is 2. The van der Waals surface area contributed by atoms with Crippen LogP contribution in [0.15, 0.2) is 18.7 Å². The minimum absolute atomic E-state index is 0.248. The lowest BCUT2D eigenvalue weighted by Crippen LogP contribution is -2.39. The zero-order chi connectivity index (χ0) is 14.8. The van der Waals surface area contributed by atoms with Crippen LogP contribution in [-0.4, -0.2) is 43.8 Å². The quantitative estimate of drug-likeness (QED) is 0.832. The van der Waals surface area contributed by atoms with E-state index in [0.717, 1.165) is 31.9 Å². The molecule has 1 atom stereocenters. The first-order chi connectivity index (χ1) is 10.2. The predicted octanol–water partition coefficient (Wildman–Crippen LogP) is 1.29. The minimum atomic E-state index is 0.248. The second-order valence-electron chi connectivity index (χ2n) is 5.54. The highest BCUT2D eigenvalue weighted by atomic mass is 16.5. The normalized spacial score (nSPS) is 18.9. The standard InChI is InChI=1S/C15H23N5O/c1-4-21-10-13-15-12(17-11-19(15)3)5-7-20(13)9-14-16-6-8-18(14)2/h6,8,11,13H,4-5,7,9-10H2,1-3H3/t13-/m1/s1. The Morgan fingerprint density at radius 1 is 1.29 bits per heavy atom. The van der Waals surface area contributed by atoms with Crippen LogP contribution in [0.5, 0.6) is 0 Å². The van der Waals surface area contributed by atoms with Gasteiger partial charge in [-0.15, -0.1) is 0 Å². The van der Waals surface area contributed by atoms with Gasteiger partial charge < -0.3 is 13.9 Å². The SMILES string of the molecule is CCOC[C@@H]1c2c(ncn2C)CCN1Cc1nccn1C. The molecule has 3 rings (SSSR count). The summed E-state index contributed by atoms with van der Waals surface area (Å²) in [5, 5.41) is 0. The van der Waals surface area contributed by atoms with E-state index in [1.165, 1.54) is 11.4 Å². The molecule has 21 heavy (non-hydrogen) atoms. The van der Waals surface area contributed by atoms with Gasteiger partial charge in [0.05, 0.1) is 36.9 Å². The van der Waals surface area contributed by atoms with Gasteiger partial charge in [0.15, 0.2) is 0 Å². The number of fused-ring (bicyclic) bond motifs is 1. The maximum Gasteiger partial charge on any atom is 0.122 e. The lowest BCUT2D eigenvalue weighted by Gasteiger charge is -2.35. The largest absolute Gasteiger partial charge is 0.380 e. The Hall–Kier alpha value is -1.66. The van der Waals surface area contributed by atoms with Crippen molar-refractivity contribution in [1.82, 2.24) is 24.0 Å². The molecule has 0 bridgehead atoms. The van der Waals surface area contributed by atoms with Crippen LogP contribution in [0.25, 0.3) is 0 Å². The lowest BCUT2D eigenvalue weighted by atomic mass is 10.0. The molecule has 0 amide bonds. The molecule has 0 fully saturated rings. The second kappa shape index (κ2) is 5.99. The van der Waals surface area contributed by atoms with Gasteiger partial charge in [-0.2, -0.15) is 0 Å². The summed E-state index contributed by atoms with van der Waals surface area (Å²) in [6.45, 7) is 5.31. The van der Waals surface area contributed by atoms with Gasteiger partial charge in [-0.05, 0) is 6.92 Å². The van der Waals surface area contributed by atoms with E-state index in [9.17, 15) is 0 Å². The monoisotopic (exact) mass is 289 g/mol. The maximum atomic E-state index is 5.72. The topological polar surface area (TPSA) is 48.1 Å². The molecule has 0 saturated heterocycles. The van der Waals surface area contributed by atoms with Crippen LogP contribution in [0.1, 0.15) is 30.2 Å². The van der Waals surface area contributed by atoms with Crippen LogP contribution < -0.4 is 0 Å². The highest BCUT2D eigenvalue weighted by Gasteiger charge is 2.31. The third kappa shape index (κ3) is 2.73. The Morgan fingerprint density at radius 3 is 2.86 bits per heavy atom. The van der Waals surface area contributed by atoms with E-state index >= 15 is 0 Å². The average molecular weight is 289 g/mol. The zero-order valence-electron chi connectivity index (χ0n) is 13.0. The first-order valence-corrected chi connectivity index (χ1v) is 7.48. The Kier molecular flexibility index (Phi) is 4.07. The van der Waals surface area contributed by atoms with Gasteiger partial charge in [0.2, 0.25) is 0 Å². The highest BCUT2D eigenvalue weighted by molar-refractivity contribution is 5.21. The van der Waals surface area contributed by atoms with Crippen molar-refractivity contribution in [2.24, 2.45) is 14.1 Å². The van der Waals surface area contributed by atoms with Crippen LogP contribution >= 0.6 is 0 Å². The van der Waals surface area contributed by atoms with Crippen LogP contribution in [0.3, 0.4) is 0 Å². The molecule has 2 aromatic rings. The summed E-state index contributed by atoms with van der Waals surface area (Å²) >= 11 is 0. The van der Waals surface area contributed by atoms with Crippen LogP contribution in [0, 0.1) is 0 Å². The van der Waals surface area contributed by atoms with Gasteiger partial charge in [0.1, 0.15) is 5.82 Å². The molecule has 0 radical (unpaired) electrons. The maximum absolute atomic E-state index is 5.72. The molecule has 114 valence electrons. The van der Waals surface area contributed by atoms with Crippen molar-refractivity contribution in [2.45, 2.75) is 25.9 Å². The molecular formula is C15H23N5O. The van der Waals surface area contributed by atoms with Crippen LogP contribution in [-0.2, 0) is 31.8 Å². The van der Waals surface area contributed by atoms with E-state index in [0.29, 0.717) is 6.61 Å². The molecule has 1 aliphatic rings. The lowest BCUT2D eigenvalue weighted by molar-refractivity contribution is 0.0502. The van der Waals surface area contributed by atoms with E-state index in [1.54, 1.807) is 0 Å². The number of ether oxygens (including phenoxy) is 1. The van der Waals surface area contributed by atoms with E-state index in [4.69, 9.17) is 4.74 Å². The molecule has 6 nitrogen and oxygen atoms in total. The van der Waals surface area contributed by atoms with Crippen molar-refractivity contribution in [3.05, 3.63) is 35.9 Å². The average Bonchev–Trinajstić information content (AvgIpc) is 3.05. The number of rotatable bonds is 5. The van der Waals surface area contributed by atoms with E-state index in [2.05, 4.69) is 31.0 Å². The van der Waals surface area contributed by atoms with Crippen molar-refractivity contribution in [3.63, 3.8) is 0 Å². The van der Waals surface area contributed by atoms with Crippen molar-refractivity contribution in [3.8, 4) is 0 Å². The minimum Gasteiger partial charge on any atom is -0.380 e. The van der Waals surface area contributed by atoms with E-state index in [-0.39, 0.29) is 6.04 Å². The fourth-order valence-electron chi connectivity index (χ4n) is 3.02. The molecule has 0 N–H and O–H groups in total. The Bertz CT molecular complexity index is 603. The number of nitrogens with zero attached hydrogens (tertiary/aromatic N) is 5. The summed E-state index contributed by atoms with van der Waals surface area (Å²) in [4.78, 5) is 11.4. The molecule has 0 aliphatic carbocycles. The van der Waals surface area contributed by atoms with Crippen molar-refractivity contribution < 1.29 is 4.74 Å². The summed E-state index contributed by atoms with van der Waals surface area (Å²) in [5.74, 6) is 1.09. The number of aromatic nitrogens is 4. The molecule has 2 aromatic heterocycles. The van der Waals surface area contributed by atoms with Gasteiger partial charge >= 0.3 is 0 Å². The van der Waals surface area contributed by atoms with Gasteiger partial charge in [-0.25, -0.2) is 9.97 Å². The predicted molar refractivity (Wildman–Crippen MR) is 79.8 cm³/mol. The zero-order valence-corrected chi connectivity index (χ0v) is 13.0. The fraction of sp³-hybridized carbons (Fsp3) is 0.600. The van der Waals surface area contributed by atoms with Gasteiger partial charge in [-0.1, -0.05) is 0 Å². The van der Waals surface area contributed by atoms with E-state index in [1.807, 2.05) is 32.7 Å². The van der Waals surface area contributed by atoms with Gasteiger partial charge in [-0.3, -0.25) is 4.90 Å². The summed E-state index contributed by atoms with van der Waals surface area (Å²) in [6.07, 6.45) is 6.75. The second-order valence-corrected chi connectivity index (χ2v) is 5.54. The molecule has 1 aliphatic heterocycles.